The quantitative estimate of drug-likeness (QED) is 0.780. The molecule has 0 aliphatic carbocycles. The van der Waals surface area contributed by atoms with Crippen LogP contribution >= 0.6 is 0 Å². The van der Waals surface area contributed by atoms with Gasteiger partial charge in [-0.15, -0.1) is 0 Å². The Kier molecular flexibility index (Phi) is 5.76. The standard InChI is InChI=1S/C19H22FN3O3S/c1-21(16-7-3-2-4-8-16)15-19(24)22-11-13-23(14-12-22)27(25,26)18-10-6-5-9-17(18)20/h2-10H,11-15H2,1H3. The maximum absolute atomic E-state index is 13.9. The fraction of sp³-hybridized carbons (Fsp3) is 0.316. The maximum Gasteiger partial charge on any atom is 0.246 e. The molecule has 0 aromatic heterocycles. The number of likely N-dealkylation sites (N-methyl/N-ethyl adjacent to an activating group) is 1. The minimum atomic E-state index is -3.90. The number of piperazine rings is 1. The highest BCUT2D eigenvalue weighted by Crippen LogP contribution is 2.20. The lowest BCUT2D eigenvalue weighted by Crippen LogP contribution is -2.52. The van der Waals surface area contributed by atoms with Gasteiger partial charge in [0.05, 0.1) is 6.54 Å². The van der Waals surface area contributed by atoms with Crippen LogP contribution in [0.2, 0.25) is 0 Å². The van der Waals surface area contributed by atoms with Crippen LogP contribution in [0.4, 0.5) is 10.1 Å². The van der Waals surface area contributed by atoms with E-state index in [1.165, 1.54) is 22.5 Å². The third-order valence-electron chi connectivity index (χ3n) is 4.62. The highest BCUT2D eigenvalue weighted by Gasteiger charge is 2.31. The summed E-state index contributed by atoms with van der Waals surface area (Å²) in [5, 5.41) is 0. The monoisotopic (exact) mass is 391 g/mol. The lowest BCUT2D eigenvalue weighted by atomic mass is 10.3. The topological polar surface area (TPSA) is 60.9 Å². The number of benzene rings is 2. The van der Waals surface area contributed by atoms with Crippen molar-refractivity contribution in [2.24, 2.45) is 0 Å². The van der Waals surface area contributed by atoms with Crippen molar-refractivity contribution in [2.75, 3.05) is 44.7 Å². The van der Waals surface area contributed by atoms with Gasteiger partial charge in [0.1, 0.15) is 10.7 Å². The van der Waals surface area contributed by atoms with Gasteiger partial charge in [0.15, 0.2) is 0 Å². The highest BCUT2D eigenvalue weighted by atomic mass is 32.2. The molecule has 144 valence electrons. The van der Waals surface area contributed by atoms with Crippen LogP contribution < -0.4 is 4.90 Å². The molecule has 0 spiro atoms. The van der Waals surface area contributed by atoms with Gasteiger partial charge < -0.3 is 9.80 Å². The van der Waals surface area contributed by atoms with E-state index >= 15 is 0 Å². The molecule has 1 aliphatic heterocycles. The number of halogens is 1. The first-order valence-electron chi connectivity index (χ1n) is 8.68. The second kappa shape index (κ2) is 8.06. The predicted octanol–water partition coefficient (Wildman–Crippen LogP) is 1.79. The third-order valence-corrected chi connectivity index (χ3v) is 6.55. The van der Waals surface area contributed by atoms with Crippen molar-refractivity contribution in [2.45, 2.75) is 4.90 Å². The molecule has 1 fully saturated rings. The van der Waals surface area contributed by atoms with Crippen LogP contribution in [0.25, 0.3) is 0 Å². The Hall–Kier alpha value is -2.45. The normalized spacial score (nSPS) is 15.6. The summed E-state index contributed by atoms with van der Waals surface area (Å²) in [5.74, 6) is -0.829. The van der Waals surface area contributed by atoms with Gasteiger partial charge >= 0.3 is 0 Å². The molecule has 2 aromatic carbocycles. The molecule has 6 nitrogen and oxygen atoms in total. The molecule has 27 heavy (non-hydrogen) atoms. The average molecular weight is 391 g/mol. The van der Waals surface area contributed by atoms with Crippen molar-refractivity contribution < 1.29 is 17.6 Å². The average Bonchev–Trinajstić information content (AvgIpc) is 2.69. The zero-order valence-corrected chi connectivity index (χ0v) is 15.9. The highest BCUT2D eigenvalue weighted by molar-refractivity contribution is 7.89. The third kappa shape index (κ3) is 4.28. The number of anilines is 1. The minimum Gasteiger partial charge on any atom is -0.365 e. The van der Waals surface area contributed by atoms with E-state index < -0.39 is 15.8 Å². The summed E-state index contributed by atoms with van der Waals surface area (Å²) in [6, 6.07) is 14.9. The summed E-state index contributed by atoms with van der Waals surface area (Å²) >= 11 is 0. The lowest BCUT2D eigenvalue weighted by molar-refractivity contribution is -0.130. The second-order valence-electron chi connectivity index (χ2n) is 6.41. The summed E-state index contributed by atoms with van der Waals surface area (Å²) in [7, 11) is -2.06. The first-order valence-corrected chi connectivity index (χ1v) is 10.1. The Labute approximate surface area is 158 Å². The molecule has 1 heterocycles. The Bertz CT molecular complexity index is 897. The predicted molar refractivity (Wildman–Crippen MR) is 101 cm³/mol. The molecule has 3 rings (SSSR count). The number of para-hydroxylation sites is 1. The number of carbonyl (C=O) groups excluding carboxylic acids is 1. The summed E-state index contributed by atoms with van der Waals surface area (Å²) in [6.45, 7) is 1.09. The Morgan fingerprint density at radius 1 is 1.00 bits per heavy atom. The lowest BCUT2D eigenvalue weighted by Gasteiger charge is -2.35. The Morgan fingerprint density at radius 2 is 1.59 bits per heavy atom. The molecule has 8 heteroatoms. The largest absolute Gasteiger partial charge is 0.365 e. The number of amides is 1. The Morgan fingerprint density at radius 3 is 2.22 bits per heavy atom. The van der Waals surface area contributed by atoms with E-state index in [2.05, 4.69) is 0 Å². The van der Waals surface area contributed by atoms with Gasteiger partial charge in [-0.05, 0) is 24.3 Å². The van der Waals surface area contributed by atoms with Crippen molar-refractivity contribution in [3.05, 3.63) is 60.4 Å². The molecule has 0 atom stereocenters. The van der Waals surface area contributed by atoms with Crippen LogP contribution in [0.5, 0.6) is 0 Å². The van der Waals surface area contributed by atoms with Crippen LogP contribution in [-0.4, -0.2) is 63.3 Å². The molecule has 2 aromatic rings. The number of sulfonamides is 1. The fourth-order valence-electron chi connectivity index (χ4n) is 3.05. The van der Waals surface area contributed by atoms with Crippen molar-refractivity contribution in [1.29, 1.82) is 0 Å². The van der Waals surface area contributed by atoms with Crippen molar-refractivity contribution >= 4 is 21.6 Å². The zero-order chi connectivity index (χ0) is 19.4. The first-order chi connectivity index (χ1) is 12.9. The van der Waals surface area contributed by atoms with Crippen LogP contribution in [0.15, 0.2) is 59.5 Å². The first kappa shape index (κ1) is 19.3. The van der Waals surface area contributed by atoms with E-state index in [1.54, 1.807) is 4.90 Å². The van der Waals surface area contributed by atoms with Gasteiger partial charge in [-0.1, -0.05) is 30.3 Å². The molecule has 0 radical (unpaired) electrons. The molecule has 1 aliphatic rings. The van der Waals surface area contributed by atoms with Crippen molar-refractivity contribution in [3.8, 4) is 0 Å². The number of nitrogens with zero attached hydrogens (tertiary/aromatic N) is 3. The van der Waals surface area contributed by atoms with E-state index in [-0.39, 0.29) is 43.5 Å². The van der Waals surface area contributed by atoms with Crippen LogP contribution in [-0.2, 0) is 14.8 Å². The molecular formula is C19H22FN3O3S. The molecule has 1 amide bonds. The molecule has 0 saturated carbocycles. The van der Waals surface area contributed by atoms with Crippen LogP contribution in [0.1, 0.15) is 0 Å². The minimum absolute atomic E-state index is 0.0655. The van der Waals surface area contributed by atoms with Crippen LogP contribution in [0, 0.1) is 5.82 Å². The number of hydrogen-bond acceptors (Lipinski definition) is 4. The van der Waals surface area contributed by atoms with Gasteiger partial charge in [-0.25, -0.2) is 12.8 Å². The maximum atomic E-state index is 13.9. The van der Waals surface area contributed by atoms with Gasteiger partial charge in [0.2, 0.25) is 15.9 Å². The van der Waals surface area contributed by atoms with Gasteiger partial charge in [-0.2, -0.15) is 4.31 Å². The van der Waals surface area contributed by atoms with Crippen molar-refractivity contribution in [3.63, 3.8) is 0 Å². The zero-order valence-electron chi connectivity index (χ0n) is 15.1. The number of rotatable bonds is 5. The number of carbonyl (C=O) groups is 1. The van der Waals surface area contributed by atoms with E-state index in [0.717, 1.165) is 11.8 Å². The summed E-state index contributed by atoms with van der Waals surface area (Å²) in [5.41, 5.74) is 0.937. The number of hydrogen-bond donors (Lipinski definition) is 0. The van der Waals surface area contributed by atoms with Gasteiger partial charge in [-0.3, -0.25) is 4.79 Å². The summed E-state index contributed by atoms with van der Waals surface area (Å²) in [6.07, 6.45) is 0. The van der Waals surface area contributed by atoms with Crippen LogP contribution in [0.3, 0.4) is 0 Å². The second-order valence-corrected chi connectivity index (χ2v) is 8.31. The van der Waals surface area contributed by atoms with Crippen molar-refractivity contribution in [1.82, 2.24) is 9.21 Å². The molecule has 0 N–H and O–H groups in total. The summed E-state index contributed by atoms with van der Waals surface area (Å²) in [4.78, 5) is 15.7. The van der Waals surface area contributed by atoms with E-state index in [9.17, 15) is 17.6 Å². The molecule has 0 unspecified atom stereocenters. The van der Waals surface area contributed by atoms with E-state index in [4.69, 9.17) is 0 Å². The SMILES string of the molecule is CN(CC(=O)N1CCN(S(=O)(=O)c2ccccc2F)CC1)c1ccccc1. The molecule has 0 bridgehead atoms. The van der Waals surface area contributed by atoms with E-state index in [0.29, 0.717) is 0 Å². The molecular weight excluding hydrogens is 369 g/mol. The smallest absolute Gasteiger partial charge is 0.246 e. The Balaban J connectivity index is 1.60. The van der Waals surface area contributed by atoms with Gasteiger partial charge in [0, 0.05) is 38.9 Å². The van der Waals surface area contributed by atoms with E-state index in [1.807, 2.05) is 42.3 Å². The summed E-state index contributed by atoms with van der Waals surface area (Å²) < 4.78 is 40.3. The molecule has 1 saturated heterocycles. The van der Waals surface area contributed by atoms with Gasteiger partial charge in [0.25, 0.3) is 0 Å². The fourth-order valence-corrected chi connectivity index (χ4v) is 4.53.